The van der Waals surface area contributed by atoms with Crippen molar-refractivity contribution >= 4 is 58.4 Å². The maximum absolute atomic E-state index is 13.0. The van der Waals surface area contributed by atoms with E-state index in [9.17, 15) is 14.4 Å². The highest BCUT2D eigenvalue weighted by molar-refractivity contribution is 7.98. The Balaban J connectivity index is 2.13. The first-order valence-electron chi connectivity index (χ1n) is 10.1. The van der Waals surface area contributed by atoms with Crippen LogP contribution in [-0.2, 0) is 16.1 Å². The number of hydrogen-bond donors (Lipinski definition) is 2. The predicted molar refractivity (Wildman–Crippen MR) is 133 cm³/mol. The molecule has 0 aromatic heterocycles. The van der Waals surface area contributed by atoms with Gasteiger partial charge >= 0.3 is 0 Å². The number of nitrogens with one attached hydrogen (secondary N) is 2. The first kappa shape index (κ1) is 26.0. The molecule has 2 rings (SSSR count). The molecular formula is C23H27Cl2N3O3S. The van der Waals surface area contributed by atoms with E-state index in [0.29, 0.717) is 36.0 Å². The third-order valence-electron chi connectivity index (χ3n) is 4.80. The van der Waals surface area contributed by atoms with Crippen LogP contribution in [0.25, 0.3) is 0 Å². The van der Waals surface area contributed by atoms with E-state index in [1.165, 1.54) is 19.1 Å². The van der Waals surface area contributed by atoms with Gasteiger partial charge in [0.2, 0.25) is 11.8 Å². The molecule has 172 valence electrons. The van der Waals surface area contributed by atoms with E-state index >= 15 is 0 Å². The molecule has 0 aliphatic rings. The fourth-order valence-electron chi connectivity index (χ4n) is 3.06. The summed E-state index contributed by atoms with van der Waals surface area (Å²) in [6.07, 6.45) is 2.39. The zero-order valence-corrected chi connectivity index (χ0v) is 20.6. The normalized spacial score (nSPS) is 11.5. The van der Waals surface area contributed by atoms with Crippen LogP contribution in [-0.4, -0.2) is 47.2 Å². The average Bonchev–Trinajstić information content (AvgIpc) is 2.74. The summed E-state index contributed by atoms with van der Waals surface area (Å²) in [7, 11) is 0. The van der Waals surface area contributed by atoms with E-state index in [-0.39, 0.29) is 22.4 Å². The molecule has 2 N–H and O–H groups in total. The lowest BCUT2D eigenvalue weighted by Crippen LogP contribution is -2.44. The summed E-state index contributed by atoms with van der Waals surface area (Å²) in [6, 6.07) is 11.2. The zero-order chi connectivity index (χ0) is 23.7. The summed E-state index contributed by atoms with van der Waals surface area (Å²) in [4.78, 5) is 39.1. The fraction of sp³-hybridized carbons (Fsp3) is 0.348. The molecule has 0 radical (unpaired) electrons. The summed E-state index contributed by atoms with van der Waals surface area (Å²) in [5.74, 6) is -0.0884. The Hall–Kier alpha value is -2.22. The molecular weight excluding hydrogens is 469 g/mol. The van der Waals surface area contributed by atoms with Gasteiger partial charge in [-0.25, -0.2) is 0 Å². The van der Waals surface area contributed by atoms with Crippen molar-refractivity contribution in [2.75, 3.05) is 23.9 Å². The van der Waals surface area contributed by atoms with Gasteiger partial charge in [-0.05, 0) is 61.2 Å². The smallest absolute Gasteiger partial charge is 0.253 e. The molecule has 0 fully saturated rings. The van der Waals surface area contributed by atoms with Gasteiger partial charge in [0, 0.05) is 30.7 Å². The minimum Gasteiger partial charge on any atom is -0.340 e. The monoisotopic (exact) mass is 495 g/mol. The van der Waals surface area contributed by atoms with Crippen molar-refractivity contribution in [2.24, 2.45) is 0 Å². The lowest BCUT2D eigenvalue weighted by atomic mass is 10.1. The highest BCUT2D eigenvalue weighted by atomic mass is 35.5. The fourth-order valence-corrected chi connectivity index (χ4v) is 4.02. The topological polar surface area (TPSA) is 78.5 Å². The van der Waals surface area contributed by atoms with Crippen LogP contribution in [0.5, 0.6) is 0 Å². The molecule has 0 spiro atoms. The number of amides is 3. The molecule has 2 aromatic carbocycles. The Morgan fingerprint density at radius 2 is 1.88 bits per heavy atom. The molecule has 32 heavy (non-hydrogen) atoms. The van der Waals surface area contributed by atoms with Crippen LogP contribution < -0.4 is 10.6 Å². The standard InChI is InChI=1S/C23H27Cl2N3O3S/c1-4-28(15(2)29)14-16-6-5-7-18(12-16)26-23(31)21(10-11-32-3)27-22(30)19-9-8-17(24)13-20(19)25/h5-9,12-13,21H,4,10-11,14H2,1-3H3,(H,26,31)(H,27,30). The number of carbonyl (C=O) groups is 3. The van der Waals surface area contributed by atoms with Gasteiger partial charge in [0.15, 0.2) is 0 Å². The summed E-state index contributed by atoms with van der Waals surface area (Å²) < 4.78 is 0. The van der Waals surface area contributed by atoms with Gasteiger partial charge in [0.25, 0.3) is 5.91 Å². The van der Waals surface area contributed by atoms with Gasteiger partial charge in [-0.3, -0.25) is 14.4 Å². The molecule has 1 unspecified atom stereocenters. The summed E-state index contributed by atoms with van der Waals surface area (Å²) >= 11 is 13.6. The maximum Gasteiger partial charge on any atom is 0.253 e. The van der Waals surface area contributed by atoms with E-state index in [0.717, 1.165) is 5.56 Å². The van der Waals surface area contributed by atoms with Crippen molar-refractivity contribution < 1.29 is 14.4 Å². The quantitative estimate of drug-likeness (QED) is 0.493. The van der Waals surface area contributed by atoms with E-state index < -0.39 is 11.9 Å². The summed E-state index contributed by atoms with van der Waals surface area (Å²) in [5.41, 5.74) is 1.75. The van der Waals surface area contributed by atoms with Crippen molar-refractivity contribution in [1.82, 2.24) is 10.2 Å². The third-order valence-corrected chi connectivity index (χ3v) is 5.99. The second-order valence-electron chi connectivity index (χ2n) is 7.15. The summed E-state index contributed by atoms with van der Waals surface area (Å²) in [5, 5.41) is 6.29. The van der Waals surface area contributed by atoms with Crippen molar-refractivity contribution in [3.63, 3.8) is 0 Å². The third kappa shape index (κ3) is 7.73. The molecule has 2 aromatic rings. The number of hydrogen-bond acceptors (Lipinski definition) is 4. The van der Waals surface area contributed by atoms with E-state index in [2.05, 4.69) is 10.6 Å². The molecule has 6 nitrogen and oxygen atoms in total. The summed E-state index contributed by atoms with van der Waals surface area (Å²) in [6.45, 7) is 4.50. The van der Waals surface area contributed by atoms with Crippen LogP contribution in [0.15, 0.2) is 42.5 Å². The zero-order valence-electron chi connectivity index (χ0n) is 18.3. The Bertz CT molecular complexity index is 971. The SMILES string of the molecule is CCN(Cc1cccc(NC(=O)C(CCSC)NC(=O)c2ccc(Cl)cc2Cl)c1)C(C)=O. The van der Waals surface area contributed by atoms with Gasteiger partial charge in [0.1, 0.15) is 6.04 Å². The van der Waals surface area contributed by atoms with Crippen molar-refractivity contribution in [1.29, 1.82) is 0 Å². The van der Waals surface area contributed by atoms with Gasteiger partial charge in [-0.2, -0.15) is 11.8 Å². The van der Waals surface area contributed by atoms with Crippen LogP contribution in [0.4, 0.5) is 5.69 Å². The van der Waals surface area contributed by atoms with E-state index in [1.807, 2.05) is 31.4 Å². The minimum absolute atomic E-state index is 0.0114. The molecule has 0 saturated heterocycles. The van der Waals surface area contributed by atoms with Crippen LogP contribution >= 0.6 is 35.0 Å². The Labute approximate surface area is 203 Å². The Morgan fingerprint density at radius 1 is 1.12 bits per heavy atom. The number of benzene rings is 2. The van der Waals surface area contributed by atoms with Crippen molar-refractivity contribution in [3.05, 3.63) is 63.6 Å². The minimum atomic E-state index is -0.741. The number of carbonyl (C=O) groups excluding carboxylic acids is 3. The van der Waals surface area contributed by atoms with Gasteiger partial charge in [-0.15, -0.1) is 0 Å². The van der Waals surface area contributed by atoms with Gasteiger partial charge < -0.3 is 15.5 Å². The van der Waals surface area contributed by atoms with E-state index in [1.54, 1.807) is 28.8 Å². The Kier molecular flexibility index (Phi) is 10.4. The number of rotatable bonds is 10. The molecule has 0 heterocycles. The number of anilines is 1. The van der Waals surface area contributed by atoms with Crippen LogP contribution in [0.2, 0.25) is 10.0 Å². The molecule has 0 saturated carbocycles. The Morgan fingerprint density at radius 3 is 2.50 bits per heavy atom. The van der Waals surface area contributed by atoms with E-state index in [4.69, 9.17) is 23.2 Å². The lowest BCUT2D eigenvalue weighted by Gasteiger charge is -2.20. The molecule has 9 heteroatoms. The highest BCUT2D eigenvalue weighted by Gasteiger charge is 2.22. The largest absolute Gasteiger partial charge is 0.340 e. The van der Waals surface area contributed by atoms with Gasteiger partial charge in [-0.1, -0.05) is 35.3 Å². The lowest BCUT2D eigenvalue weighted by molar-refractivity contribution is -0.129. The van der Waals surface area contributed by atoms with Crippen molar-refractivity contribution in [3.8, 4) is 0 Å². The molecule has 0 aliphatic heterocycles. The first-order chi connectivity index (χ1) is 15.2. The van der Waals surface area contributed by atoms with Crippen LogP contribution in [0, 0.1) is 0 Å². The molecule has 3 amide bonds. The second kappa shape index (κ2) is 12.7. The predicted octanol–water partition coefficient (Wildman–Crippen LogP) is 4.85. The number of nitrogens with zero attached hydrogens (tertiary/aromatic N) is 1. The second-order valence-corrected chi connectivity index (χ2v) is 8.98. The molecule has 1 atom stereocenters. The molecule has 0 aliphatic carbocycles. The number of thioether (sulfide) groups is 1. The maximum atomic E-state index is 13.0. The first-order valence-corrected chi connectivity index (χ1v) is 12.3. The highest BCUT2D eigenvalue weighted by Crippen LogP contribution is 2.21. The van der Waals surface area contributed by atoms with Crippen LogP contribution in [0.3, 0.4) is 0 Å². The van der Waals surface area contributed by atoms with Gasteiger partial charge in [0.05, 0.1) is 10.6 Å². The number of halogens is 2. The average molecular weight is 496 g/mol. The van der Waals surface area contributed by atoms with Crippen LogP contribution in [0.1, 0.15) is 36.2 Å². The van der Waals surface area contributed by atoms with Crippen molar-refractivity contribution in [2.45, 2.75) is 32.9 Å². The molecule has 0 bridgehead atoms.